The zero-order valence-electron chi connectivity index (χ0n) is 17.4. The average Bonchev–Trinajstić information content (AvgIpc) is 3.50. The first-order chi connectivity index (χ1) is 12.8. The Labute approximate surface area is 162 Å². The standard InChI is InChI=1S/C24H30O3/c1-13-7-15(3)23(17(5)21(13)9-19-11-25-19)27-24-16(4)8-14(2)22(18(24)6)10-20-12-26-20/h7-8,19-20H,9-12H2,1-6H3. The van der Waals surface area contributed by atoms with Crippen molar-refractivity contribution in [3.8, 4) is 11.5 Å². The number of aryl methyl sites for hydroxylation is 4. The van der Waals surface area contributed by atoms with Crippen LogP contribution in [0, 0.1) is 41.5 Å². The number of hydrogen-bond donors (Lipinski definition) is 0. The normalized spacial score (nSPS) is 20.7. The molecule has 2 heterocycles. The second-order valence-electron chi connectivity index (χ2n) is 8.31. The van der Waals surface area contributed by atoms with E-state index in [1.54, 1.807) is 0 Å². The highest BCUT2D eigenvalue weighted by Gasteiger charge is 2.27. The Morgan fingerprint density at radius 1 is 0.704 bits per heavy atom. The van der Waals surface area contributed by atoms with Gasteiger partial charge >= 0.3 is 0 Å². The van der Waals surface area contributed by atoms with Crippen LogP contribution in [-0.4, -0.2) is 25.4 Å². The molecule has 2 aliphatic rings. The topological polar surface area (TPSA) is 34.3 Å². The lowest BCUT2D eigenvalue weighted by molar-refractivity contribution is 0.405. The molecule has 0 N–H and O–H groups in total. The highest BCUT2D eigenvalue weighted by molar-refractivity contribution is 5.55. The van der Waals surface area contributed by atoms with Crippen LogP contribution in [0.15, 0.2) is 12.1 Å². The second kappa shape index (κ2) is 6.96. The molecular weight excluding hydrogens is 336 g/mol. The van der Waals surface area contributed by atoms with Crippen molar-refractivity contribution in [3.63, 3.8) is 0 Å². The van der Waals surface area contributed by atoms with Gasteiger partial charge in [-0.1, -0.05) is 12.1 Å². The third kappa shape index (κ3) is 3.76. The number of rotatable bonds is 6. The van der Waals surface area contributed by atoms with Gasteiger partial charge in [0.25, 0.3) is 0 Å². The van der Waals surface area contributed by atoms with Crippen molar-refractivity contribution < 1.29 is 14.2 Å². The van der Waals surface area contributed by atoms with Crippen molar-refractivity contribution in [2.24, 2.45) is 0 Å². The third-order valence-corrected chi connectivity index (χ3v) is 5.99. The Balaban J connectivity index is 1.73. The number of hydrogen-bond acceptors (Lipinski definition) is 3. The smallest absolute Gasteiger partial charge is 0.133 e. The van der Waals surface area contributed by atoms with Gasteiger partial charge in [0.1, 0.15) is 11.5 Å². The van der Waals surface area contributed by atoms with E-state index in [1.807, 2.05) is 0 Å². The SMILES string of the molecule is Cc1cc(C)c(Oc2c(C)cc(C)c(CC3CO3)c2C)c(C)c1CC1CO1. The summed E-state index contributed by atoms with van der Waals surface area (Å²) in [5, 5.41) is 0. The molecule has 0 aliphatic carbocycles. The molecule has 2 aromatic rings. The molecule has 3 nitrogen and oxygen atoms in total. The molecule has 0 amide bonds. The molecule has 0 bridgehead atoms. The zero-order valence-corrected chi connectivity index (χ0v) is 17.4. The lowest BCUT2D eigenvalue weighted by atomic mass is 9.93. The van der Waals surface area contributed by atoms with E-state index in [9.17, 15) is 0 Å². The van der Waals surface area contributed by atoms with E-state index in [-0.39, 0.29) is 0 Å². The van der Waals surface area contributed by atoms with Crippen LogP contribution in [0.2, 0.25) is 0 Å². The van der Waals surface area contributed by atoms with Gasteiger partial charge in [-0.15, -0.1) is 0 Å². The Hall–Kier alpha value is -1.84. The van der Waals surface area contributed by atoms with Crippen molar-refractivity contribution in [3.05, 3.63) is 56.6 Å². The van der Waals surface area contributed by atoms with Crippen LogP contribution in [0.5, 0.6) is 11.5 Å². The van der Waals surface area contributed by atoms with E-state index in [4.69, 9.17) is 14.2 Å². The Morgan fingerprint density at radius 3 is 1.41 bits per heavy atom. The molecule has 2 aromatic carbocycles. The van der Waals surface area contributed by atoms with Crippen LogP contribution in [0.3, 0.4) is 0 Å². The molecule has 0 spiro atoms. The summed E-state index contributed by atoms with van der Waals surface area (Å²) in [6.45, 7) is 14.8. The van der Waals surface area contributed by atoms with Crippen molar-refractivity contribution in [1.82, 2.24) is 0 Å². The molecule has 2 atom stereocenters. The minimum Gasteiger partial charge on any atom is -0.456 e. The minimum atomic E-state index is 0.381. The average molecular weight is 367 g/mol. The summed E-state index contributed by atoms with van der Waals surface area (Å²) < 4.78 is 17.6. The quantitative estimate of drug-likeness (QED) is 0.658. The molecule has 2 unspecified atom stereocenters. The van der Waals surface area contributed by atoms with Crippen molar-refractivity contribution >= 4 is 0 Å². The Morgan fingerprint density at radius 2 is 1.07 bits per heavy atom. The fourth-order valence-corrected chi connectivity index (χ4v) is 4.28. The maximum absolute atomic E-state index is 6.62. The molecule has 0 radical (unpaired) electrons. The van der Waals surface area contributed by atoms with Crippen molar-refractivity contribution in [2.45, 2.75) is 66.6 Å². The zero-order chi connectivity index (χ0) is 19.3. The van der Waals surface area contributed by atoms with E-state index >= 15 is 0 Å². The lowest BCUT2D eigenvalue weighted by Crippen LogP contribution is -2.06. The first-order valence-electron chi connectivity index (χ1n) is 9.95. The summed E-state index contributed by atoms with van der Waals surface area (Å²) in [4.78, 5) is 0. The Bertz CT molecular complexity index is 816. The van der Waals surface area contributed by atoms with Gasteiger partial charge in [0.05, 0.1) is 25.4 Å². The van der Waals surface area contributed by atoms with Gasteiger partial charge in [0, 0.05) is 12.8 Å². The van der Waals surface area contributed by atoms with Crippen LogP contribution in [-0.2, 0) is 22.3 Å². The summed E-state index contributed by atoms with van der Waals surface area (Å²) in [6.07, 6.45) is 2.71. The number of epoxide rings is 2. The molecule has 27 heavy (non-hydrogen) atoms. The van der Waals surface area contributed by atoms with Crippen LogP contribution in [0.1, 0.15) is 44.5 Å². The number of benzene rings is 2. The van der Waals surface area contributed by atoms with E-state index in [0.29, 0.717) is 12.2 Å². The largest absolute Gasteiger partial charge is 0.456 e. The summed E-state index contributed by atoms with van der Waals surface area (Å²) >= 11 is 0. The van der Waals surface area contributed by atoms with Crippen molar-refractivity contribution in [1.29, 1.82) is 0 Å². The molecule has 2 aliphatic heterocycles. The molecule has 0 saturated carbocycles. The first-order valence-corrected chi connectivity index (χ1v) is 9.95. The van der Waals surface area contributed by atoms with Crippen LogP contribution in [0.25, 0.3) is 0 Å². The summed E-state index contributed by atoms with van der Waals surface area (Å²) in [5.41, 5.74) is 10.3. The van der Waals surface area contributed by atoms with Gasteiger partial charge in [-0.25, -0.2) is 0 Å². The summed E-state index contributed by atoms with van der Waals surface area (Å²) in [6, 6.07) is 4.50. The van der Waals surface area contributed by atoms with Gasteiger partial charge in [-0.2, -0.15) is 0 Å². The van der Waals surface area contributed by atoms with E-state index in [1.165, 1.54) is 44.5 Å². The van der Waals surface area contributed by atoms with Gasteiger partial charge < -0.3 is 14.2 Å². The molecule has 0 aromatic heterocycles. The molecule has 2 saturated heterocycles. The van der Waals surface area contributed by atoms with E-state index in [2.05, 4.69) is 53.7 Å². The van der Waals surface area contributed by atoms with Crippen LogP contribution >= 0.6 is 0 Å². The van der Waals surface area contributed by atoms with Gasteiger partial charge in [-0.05, 0) is 86.1 Å². The summed E-state index contributed by atoms with van der Waals surface area (Å²) in [7, 11) is 0. The molecular formula is C24H30O3. The monoisotopic (exact) mass is 366 g/mol. The lowest BCUT2D eigenvalue weighted by Gasteiger charge is -2.22. The fourth-order valence-electron chi connectivity index (χ4n) is 4.28. The fraction of sp³-hybridized carbons (Fsp3) is 0.500. The highest BCUT2D eigenvalue weighted by atomic mass is 16.6. The number of ether oxygens (including phenoxy) is 3. The third-order valence-electron chi connectivity index (χ3n) is 5.99. The molecule has 4 rings (SSSR count). The predicted octanol–water partition coefficient (Wildman–Crippen LogP) is 5.21. The maximum atomic E-state index is 6.62. The van der Waals surface area contributed by atoms with Gasteiger partial charge in [0.15, 0.2) is 0 Å². The minimum absolute atomic E-state index is 0.381. The molecule has 3 heteroatoms. The highest BCUT2D eigenvalue weighted by Crippen LogP contribution is 2.39. The van der Waals surface area contributed by atoms with E-state index in [0.717, 1.165) is 37.6 Å². The Kier molecular flexibility index (Phi) is 4.77. The first kappa shape index (κ1) is 18.5. The van der Waals surface area contributed by atoms with Crippen LogP contribution in [0.4, 0.5) is 0 Å². The van der Waals surface area contributed by atoms with Crippen LogP contribution < -0.4 is 4.74 Å². The second-order valence-corrected chi connectivity index (χ2v) is 8.31. The predicted molar refractivity (Wildman–Crippen MR) is 108 cm³/mol. The van der Waals surface area contributed by atoms with Gasteiger partial charge in [0.2, 0.25) is 0 Å². The molecule has 2 fully saturated rings. The maximum Gasteiger partial charge on any atom is 0.133 e. The van der Waals surface area contributed by atoms with Crippen molar-refractivity contribution in [2.75, 3.05) is 13.2 Å². The van der Waals surface area contributed by atoms with E-state index < -0.39 is 0 Å². The van der Waals surface area contributed by atoms with Gasteiger partial charge in [-0.3, -0.25) is 0 Å². The summed E-state index contributed by atoms with van der Waals surface area (Å²) in [5.74, 6) is 2.00. The molecule has 144 valence electrons.